The summed E-state index contributed by atoms with van der Waals surface area (Å²) in [6, 6.07) is 5.77. The van der Waals surface area contributed by atoms with Crippen LogP contribution in [-0.2, 0) is 4.79 Å². The summed E-state index contributed by atoms with van der Waals surface area (Å²) in [7, 11) is 0. The first kappa shape index (κ1) is 12.3. The fraction of sp³-hybridized carbons (Fsp3) is 0.231. The molecule has 1 atom stereocenters. The first-order chi connectivity index (χ1) is 9.50. The average Bonchev–Trinajstić information content (AvgIpc) is 2.62. The van der Waals surface area contributed by atoms with Crippen LogP contribution in [0.25, 0.3) is 0 Å². The summed E-state index contributed by atoms with van der Waals surface area (Å²) in [6.45, 7) is -0.0929. The first-order valence-corrected chi connectivity index (χ1v) is 6.01. The third-order valence-electron chi connectivity index (χ3n) is 3.52. The smallest absolute Gasteiger partial charge is 0.414 e. The molecule has 0 spiro atoms. The molecular formula is C13H10N2O5. The Morgan fingerprint density at radius 1 is 1.15 bits per heavy atom. The summed E-state index contributed by atoms with van der Waals surface area (Å²) in [4.78, 5) is 47.9. The van der Waals surface area contributed by atoms with Gasteiger partial charge in [-0.3, -0.25) is 19.3 Å². The van der Waals surface area contributed by atoms with Gasteiger partial charge in [-0.25, -0.2) is 9.69 Å². The zero-order valence-corrected chi connectivity index (χ0v) is 10.3. The second-order valence-corrected chi connectivity index (χ2v) is 4.67. The Morgan fingerprint density at radius 2 is 1.70 bits per heavy atom. The summed E-state index contributed by atoms with van der Waals surface area (Å²) < 4.78 is 0. The maximum atomic E-state index is 12.1. The van der Waals surface area contributed by atoms with E-state index in [4.69, 9.17) is 5.11 Å². The van der Waals surface area contributed by atoms with Crippen LogP contribution in [-0.4, -0.2) is 51.3 Å². The number of carbonyl (C=O) groups is 4. The van der Waals surface area contributed by atoms with Gasteiger partial charge < -0.3 is 5.11 Å². The molecule has 0 aromatic heterocycles. The molecule has 102 valence electrons. The van der Waals surface area contributed by atoms with E-state index in [0.29, 0.717) is 16.0 Å². The summed E-state index contributed by atoms with van der Waals surface area (Å²) in [5, 5.41) is 8.87. The number of fused-ring (bicyclic) bond motifs is 1. The van der Waals surface area contributed by atoms with Crippen molar-refractivity contribution in [3.63, 3.8) is 0 Å². The average molecular weight is 274 g/mol. The highest BCUT2D eigenvalue weighted by atomic mass is 16.4. The van der Waals surface area contributed by atoms with E-state index in [2.05, 4.69) is 0 Å². The highest BCUT2D eigenvalue weighted by Gasteiger charge is 2.45. The molecule has 2 aliphatic rings. The number of carbonyl (C=O) groups excluding carboxylic acids is 3. The molecule has 0 bridgehead atoms. The van der Waals surface area contributed by atoms with E-state index in [1.807, 2.05) is 0 Å². The van der Waals surface area contributed by atoms with Crippen molar-refractivity contribution >= 4 is 23.8 Å². The topological polar surface area (TPSA) is 95.0 Å². The van der Waals surface area contributed by atoms with Gasteiger partial charge in [0.1, 0.15) is 0 Å². The lowest BCUT2D eigenvalue weighted by Gasteiger charge is -2.37. The molecule has 3 rings (SSSR count). The number of amides is 4. The van der Waals surface area contributed by atoms with Gasteiger partial charge in [0.25, 0.3) is 11.8 Å². The van der Waals surface area contributed by atoms with Crippen LogP contribution in [0, 0.1) is 0 Å². The number of carboxylic acid groups (broad SMARTS) is 1. The molecule has 2 aliphatic heterocycles. The Balaban J connectivity index is 1.81. The standard InChI is InChI=1S/C13H10N2O5/c16-10-5-7(15(10)13(19)20)6-14-11(17)8-3-1-2-4-9(8)12(14)18/h1-4,7H,5-6H2,(H,19,20). The van der Waals surface area contributed by atoms with Crippen LogP contribution in [0.2, 0.25) is 0 Å². The molecular weight excluding hydrogens is 264 g/mol. The predicted molar refractivity (Wildman–Crippen MR) is 65.1 cm³/mol. The fourth-order valence-corrected chi connectivity index (χ4v) is 2.51. The van der Waals surface area contributed by atoms with Crippen LogP contribution in [0.1, 0.15) is 27.1 Å². The molecule has 1 fully saturated rings. The molecule has 2 heterocycles. The lowest BCUT2D eigenvalue weighted by molar-refractivity contribution is -0.142. The van der Waals surface area contributed by atoms with Gasteiger partial charge in [0.05, 0.1) is 30.1 Å². The minimum atomic E-state index is -1.36. The maximum Gasteiger partial charge on any atom is 0.414 e. The Bertz CT molecular complexity index is 611. The van der Waals surface area contributed by atoms with Gasteiger partial charge in [-0.15, -0.1) is 0 Å². The van der Waals surface area contributed by atoms with Gasteiger partial charge in [-0.05, 0) is 12.1 Å². The van der Waals surface area contributed by atoms with Crippen LogP contribution in [0.3, 0.4) is 0 Å². The van der Waals surface area contributed by atoms with Crippen molar-refractivity contribution in [2.45, 2.75) is 12.5 Å². The van der Waals surface area contributed by atoms with Crippen LogP contribution in [0.15, 0.2) is 24.3 Å². The molecule has 0 saturated carbocycles. The number of β-lactam (4-membered cyclic amide) rings is 1. The molecule has 1 aromatic rings. The van der Waals surface area contributed by atoms with Gasteiger partial charge in [0.15, 0.2) is 0 Å². The van der Waals surface area contributed by atoms with E-state index in [9.17, 15) is 19.2 Å². The molecule has 0 aliphatic carbocycles. The zero-order chi connectivity index (χ0) is 14.4. The second kappa shape index (κ2) is 4.16. The number of rotatable bonds is 2. The molecule has 20 heavy (non-hydrogen) atoms. The van der Waals surface area contributed by atoms with E-state index < -0.39 is 29.9 Å². The van der Waals surface area contributed by atoms with Gasteiger partial charge in [0.2, 0.25) is 5.91 Å². The van der Waals surface area contributed by atoms with E-state index in [-0.39, 0.29) is 13.0 Å². The summed E-state index contributed by atoms with van der Waals surface area (Å²) >= 11 is 0. The molecule has 7 heteroatoms. The van der Waals surface area contributed by atoms with Crippen molar-refractivity contribution in [2.75, 3.05) is 6.54 Å². The monoisotopic (exact) mass is 274 g/mol. The van der Waals surface area contributed by atoms with Crippen LogP contribution >= 0.6 is 0 Å². The van der Waals surface area contributed by atoms with Gasteiger partial charge in [-0.1, -0.05) is 12.1 Å². The second-order valence-electron chi connectivity index (χ2n) is 4.67. The predicted octanol–water partition coefficient (Wildman–Crippen LogP) is 0.562. The molecule has 1 N–H and O–H groups in total. The van der Waals surface area contributed by atoms with Gasteiger partial charge >= 0.3 is 6.09 Å². The molecule has 1 aromatic carbocycles. The number of hydrogen-bond acceptors (Lipinski definition) is 4. The van der Waals surface area contributed by atoms with Crippen LogP contribution in [0.5, 0.6) is 0 Å². The highest BCUT2D eigenvalue weighted by Crippen LogP contribution is 2.26. The normalized spacial score (nSPS) is 21.0. The fourth-order valence-electron chi connectivity index (χ4n) is 2.51. The molecule has 1 saturated heterocycles. The zero-order valence-electron chi connectivity index (χ0n) is 10.3. The Hall–Kier alpha value is -2.70. The van der Waals surface area contributed by atoms with E-state index in [1.165, 1.54) is 0 Å². The summed E-state index contributed by atoms with van der Waals surface area (Å²) in [6.07, 6.45) is -1.33. The molecule has 4 amide bonds. The van der Waals surface area contributed by atoms with Crippen molar-refractivity contribution in [3.8, 4) is 0 Å². The van der Waals surface area contributed by atoms with Crippen LogP contribution < -0.4 is 0 Å². The lowest BCUT2D eigenvalue weighted by atomic mass is 10.0. The number of benzene rings is 1. The maximum absolute atomic E-state index is 12.1. The van der Waals surface area contributed by atoms with Crippen molar-refractivity contribution in [1.82, 2.24) is 9.80 Å². The van der Waals surface area contributed by atoms with Crippen molar-refractivity contribution < 1.29 is 24.3 Å². The number of nitrogens with zero attached hydrogens (tertiary/aromatic N) is 2. The quantitative estimate of drug-likeness (QED) is 0.628. The lowest BCUT2D eigenvalue weighted by Crippen LogP contribution is -2.59. The molecule has 0 radical (unpaired) electrons. The SMILES string of the molecule is O=C1c2ccccc2C(=O)N1CC1CC(=O)N1C(=O)O. The summed E-state index contributed by atoms with van der Waals surface area (Å²) in [5.74, 6) is -1.41. The van der Waals surface area contributed by atoms with Gasteiger partial charge in [-0.2, -0.15) is 0 Å². The first-order valence-electron chi connectivity index (χ1n) is 6.01. The molecule has 7 nitrogen and oxygen atoms in total. The Kier molecular flexibility index (Phi) is 2.56. The largest absolute Gasteiger partial charge is 0.465 e. The highest BCUT2D eigenvalue weighted by molar-refractivity contribution is 6.21. The van der Waals surface area contributed by atoms with Gasteiger partial charge in [0, 0.05) is 0 Å². The minimum Gasteiger partial charge on any atom is -0.465 e. The van der Waals surface area contributed by atoms with Crippen molar-refractivity contribution in [2.24, 2.45) is 0 Å². The Morgan fingerprint density at radius 3 is 2.15 bits per heavy atom. The third kappa shape index (κ3) is 1.59. The number of imide groups is 2. The van der Waals surface area contributed by atoms with Crippen molar-refractivity contribution in [3.05, 3.63) is 35.4 Å². The molecule has 1 unspecified atom stereocenters. The van der Waals surface area contributed by atoms with Crippen molar-refractivity contribution in [1.29, 1.82) is 0 Å². The van der Waals surface area contributed by atoms with Crippen LogP contribution in [0.4, 0.5) is 4.79 Å². The van der Waals surface area contributed by atoms with E-state index in [0.717, 1.165) is 4.90 Å². The Labute approximate surface area is 113 Å². The third-order valence-corrected chi connectivity index (χ3v) is 3.52. The number of hydrogen-bond donors (Lipinski definition) is 1. The number of likely N-dealkylation sites (tertiary alicyclic amines) is 1. The van der Waals surface area contributed by atoms with E-state index >= 15 is 0 Å². The minimum absolute atomic E-state index is 0.0275. The van der Waals surface area contributed by atoms with E-state index in [1.54, 1.807) is 24.3 Å². The summed E-state index contributed by atoms with van der Waals surface area (Å²) in [5.41, 5.74) is 0.620.